The molecular formula is C25H21F2N5O. The molecule has 0 atom stereocenters. The number of nitrogens with one attached hydrogen (secondary N) is 2. The number of fused-ring (bicyclic) bond motifs is 1. The third-order valence-corrected chi connectivity index (χ3v) is 5.88. The van der Waals surface area contributed by atoms with Crippen molar-refractivity contribution < 1.29 is 13.6 Å². The number of hydrogen-bond donors (Lipinski definition) is 2. The highest BCUT2D eigenvalue weighted by atomic mass is 19.1. The summed E-state index contributed by atoms with van der Waals surface area (Å²) in [5, 5.41) is 6.14. The Balaban J connectivity index is 1.44. The fourth-order valence-corrected chi connectivity index (χ4v) is 3.78. The number of hydrogen-bond acceptors (Lipinski definition) is 5. The maximum absolute atomic E-state index is 14.5. The van der Waals surface area contributed by atoms with Crippen LogP contribution in [0.3, 0.4) is 0 Å². The second-order valence-corrected chi connectivity index (χ2v) is 8.21. The molecule has 1 saturated carbocycles. The number of carbonyl (C=O) groups is 1. The molecule has 3 heterocycles. The first-order valence-electron chi connectivity index (χ1n) is 10.6. The molecule has 6 nitrogen and oxygen atoms in total. The van der Waals surface area contributed by atoms with E-state index < -0.39 is 11.5 Å². The van der Waals surface area contributed by atoms with E-state index in [0.717, 1.165) is 16.7 Å². The van der Waals surface area contributed by atoms with E-state index >= 15 is 0 Å². The first-order chi connectivity index (χ1) is 15.9. The van der Waals surface area contributed by atoms with Crippen LogP contribution in [0.5, 0.6) is 0 Å². The number of alkyl halides is 1. The van der Waals surface area contributed by atoms with Crippen LogP contribution in [0, 0.1) is 12.7 Å². The van der Waals surface area contributed by atoms with Gasteiger partial charge in [-0.25, -0.2) is 13.8 Å². The van der Waals surface area contributed by atoms with Crippen molar-refractivity contribution in [1.29, 1.82) is 0 Å². The molecule has 2 N–H and O–H groups in total. The van der Waals surface area contributed by atoms with Crippen molar-refractivity contribution in [2.75, 3.05) is 17.7 Å². The number of anilines is 2. The molecule has 33 heavy (non-hydrogen) atoms. The third-order valence-electron chi connectivity index (χ3n) is 5.88. The van der Waals surface area contributed by atoms with Crippen LogP contribution in [-0.2, 0) is 5.67 Å². The highest BCUT2D eigenvalue weighted by molar-refractivity contribution is 6.04. The molecule has 0 spiro atoms. The van der Waals surface area contributed by atoms with Crippen molar-refractivity contribution in [3.05, 3.63) is 77.6 Å². The van der Waals surface area contributed by atoms with Gasteiger partial charge >= 0.3 is 0 Å². The van der Waals surface area contributed by atoms with E-state index in [1.54, 1.807) is 31.6 Å². The van der Waals surface area contributed by atoms with Gasteiger partial charge in [0.1, 0.15) is 5.52 Å². The Bertz CT molecular complexity index is 1400. The first kappa shape index (κ1) is 20.9. The third kappa shape index (κ3) is 3.88. The maximum Gasteiger partial charge on any atom is 0.255 e. The van der Waals surface area contributed by atoms with E-state index in [0.29, 0.717) is 35.2 Å². The molecule has 1 aliphatic carbocycles. The summed E-state index contributed by atoms with van der Waals surface area (Å²) in [5.41, 5.74) is 2.63. The van der Waals surface area contributed by atoms with Crippen LogP contribution in [0.1, 0.15) is 34.5 Å². The summed E-state index contributed by atoms with van der Waals surface area (Å²) < 4.78 is 28.8. The number of carbonyl (C=O) groups excluding carboxylic acids is 1. The van der Waals surface area contributed by atoms with Crippen LogP contribution >= 0.6 is 0 Å². The van der Waals surface area contributed by atoms with Crippen LogP contribution in [0.25, 0.3) is 22.0 Å². The zero-order valence-corrected chi connectivity index (χ0v) is 18.1. The summed E-state index contributed by atoms with van der Waals surface area (Å²) in [6.45, 7) is 1.94. The minimum atomic E-state index is -1.40. The Morgan fingerprint density at radius 1 is 1.06 bits per heavy atom. The Labute approximate surface area is 189 Å². The molecule has 0 bridgehead atoms. The van der Waals surface area contributed by atoms with Gasteiger partial charge in [0.25, 0.3) is 5.91 Å². The summed E-state index contributed by atoms with van der Waals surface area (Å²) >= 11 is 0. The van der Waals surface area contributed by atoms with Gasteiger partial charge in [-0.05, 0) is 61.2 Å². The summed E-state index contributed by atoms with van der Waals surface area (Å²) in [5.74, 6) is -0.708. The minimum Gasteiger partial charge on any atom is -0.371 e. The van der Waals surface area contributed by atoms with Crippen LogP contribution < -0.4 is 10.6 Å². The smallest absolute Gasteiger partial charge is 0.255 e. The molecule has 166 valence electrons. The second-order valence-electron chi connectivity index (χ2n) is 8.21. The minimum absolute atomic E-state index is 0.142. The van der Waals surface area contributed by atoms with Crippen LogP contribution in [-0.4, -0.2) is 27.9 Å². The van der Waals surface area contributed by atoms with Gasteiger partial charge in [0, 0.05) is 47.8 Å². The van der Waals surface area contributed by atoms with Crippen LogP contribution in [0.15, 0.2) is 55.0 Å². The molecule has 5 rings (SSSR count). The highest BCUT2D eigenvalue weighted by Crippen LogP contribution is 2.48. The number of halogens is 2. The van der Waals surface area contributed by atoms with Crippen molar-refractivity contribution in [3.8, 4) is 11.1 Å². The van der Waals surface area contributed by atoms with E-state index in [2.05, 4.69) is 25.6 Å². The Morgan fingerprint density at radius 2 is 1.88 bits per heavy atom. The van der Waals surface area contributed by atoms with Crippen molar-refractivity contribution >= 4 is 28.3 Å². The maximum atomic E-state index is 14.5. The molecule has 8 heteroatoms. The van der Waals surface area contributed by atoms with Gasteiger partial charge in [-0.2, -0.15) is 0 Å². The molecule has 1 fully saturated rings. The number of nitrogens with zero attached hydrogens (tertiary/aromatic N) is 3. The average molecular weight is 445 g/mol. The lowest BCUT2D eigenvalue weighted by Crippen LogP contribution is -2.13. The van der Waals surface area contributed by atoms with Gasteiger partial charge in [-0.15, -0.1) is 0 Å². The molecule has 0 saturated heterocycles. The predicted octanol–water partition coefficient (Wildman–Crippen LogP) is 5.39. The Hall–Kier alpha value is -3.94. The van der Waals surface area contributed by atoms with Gasteiger partial charge in [0.15, 0.2) is 17.3 Å². The lowest BCUT2D eigenvalue weighted by atomic mass is 10.00. The highest BCUT2D eigenvalue weighted by Gasteiger charge is 2.46. The van der Waals surface area contributed by atoms with Crippen molar-refractivity contribution in [1.82, 2.24) is 15.0 Å². The Kier molecular flexibility index (Phi) is 5.00. The monoisotopic (exact) mass is 445 g/mol. The second kappa shape index (κ2) is 7.88. The van der Waals surface area contributed by atoms with Gasteiger partial charge in [-0.3, -0.25) is 14.8 Å². The van der Waals surface area contributed by atoms with E-state index in [1.165, 1.54) is 12.3 Å². The summed E-state index contributed by atoms with van der Waals surface area (Å²) in [6, 6.07) is 10.4. The zero-order chi connectivity index (χ0) is 23.2. The fourth-order valence-electron chi connectivity index (χ4n) is 3.78. The number of pyridine rings is 3. The molecular weight excluding hydrogens is 424 g/mol. The summed E-state index contributed by atoms with van der Waals surface area (Å²) in [6.07, 6.45) is 5.49. The topological polar surface area (TPSA) is 79.8 Å². The predicted molar refractivity (Wildman–Crippen MR) is 123 cm³/mol. The number of amides is 1. The number of aromatic nitrogens is 3. The first-order valence-corrected chi connectivity index (χ1v) is 10.6. The molecule has 1 amide bonds. The normalized spacial score (nSPS) is 14.2. The average Bonchev–Trinajstić information content (AvgIpc) is 3.59. The quantitative estimate of drug-likeness (QED) is 0.430. The van der Waals surface area contributed by atoms with E-state index in [9.17, 15) is 13.6 Å². The SMILES string of the molecule is CNc1ncc2cc(-c3cc(NC(=O)c4ccnc(C5(F)CC5)c4)ccc3C)cnc2c1F. The lowest BCUT2D eigenvalue weighted by molar-refractivity contribution is 0.102. The largest absolute Gasteiger partial charge is 0.371 e. The van der Waals surface area contributed by atoms with Gasteiger partial charge < -0.3 is 10.6 Å². The van der Waals surface area contributed by atoms with Gasteiger partial charge in [0.2, 0.25) is 0 Å². The van der Waals surface area contributed by atoms with Crippen LogP contribution in [0.4, 0.5) is 20.3 Å². The van der Waals surface area contributed by atoms with E-state index in [1.807, 2.05) is 25.1 Å². The standard InChI is InChI=1S/C25H21F2N5O/c1-14-3-4-18(32-24(33)15-5-8-29-20(10-15)25(27)6-7-25)11-19(14)16-9-17-13-31-23(28-2)21(26)22(17)30-12-16/h3-5,8-13H,6-7H2,1-2H3,(H,28,31)(H,32,33). The van der Waals surface area contributed by atoms with Crippen molar-refractivity contribution in [2.24, 2.45) is 0 Å². The summed E-state index contributed by atoms with van der Waals surface area (Å²) in [7, 11) is 1.60. The van der Waals surface area contributed by atoms with E-state index in [4.69, 9.17) is 0 Å². The fraction of sp³-hybridized carbons (Fsp3) is 0.200. The number of aryl methyl sites for hydroxylation is 1. The summed E-state index contributed by atoms with van der Waals surface area (Å²) in [4.78, 5) is 25.2. The van der Waals surface area contributed by atoms with Crippen molar-refractivity contribution in [2.45, 2.75) is 25.4 Å². The molecule has 0 unspecified atom stereocenters. The number of rotatable bonds is 5. The van der Waals surface area contributed by atoms with E-state index in [-0.39, 0.29) is 17.2 Å². The Morgan fingerprint density at radius 3 is 2.64 bits per heavy atom. The molecule has 1 aromatic carbocycles. The molecule has 0 radical (unpaired) electrons. The van der Waals surface area contributed by atoms with Gasteiger partial charge in [-0.1, -0.05) is 6.07 Å². The lowest BCUT2D eigenvalue weighted by Gasteiger charge is -2.12. The molecule has 3 aromatic heterocycles. The molecule has 0 aliphatic heterocycles. The molecule has 4 aromatic rings. The van der Waals surface area contributed by atoms with Crippen molar-refractivity contribution in [3.63, 3.8) is 0 Å². The van der Waals surface area contributed by atoms with Crippen LogP contribution in [0.2, 0.25) is 0 Å². The van der Waals surface area contributed by atoms with Gasteiger partial charge in [0.05, 0.1) is 5.69 Å². The zero-order valence-electron chi connectivity index (χ0n) is 18.1. The molecule has 1 aliphatic rings. The number of benzene rings is 1.